The van der Waals surface area contributed by atoms with Crippen LogP contribution in [0.5, 0.6) is 0 Å². The number of hydrogen-bond donors (Lipinski definition) is 0. The molecular weight excluding hydrogens is 284 g/mol. The molecular formula is C21H22O2. The predicted octanol–water partition coefficient (Wildman–Crippen LogP) is 4.97. The Balaban J connectivity index is 1.65. The fourth-order valence-corrected chi connectivity index (χ4v) is 3.24. The van der Waals surface area contributed by atoms with E-state index in [2.05, 4.69) is 24.3 Å². The topological polar surface area (TPSA) is 26.3 Å². The molecule has 0 unspecified atom stereocenters. The molecule has 0 heterocycles. The molecule has 1 aliphatic rings. The Kier molecular flexibility index (Phi) is 5.25. The molecule has 0 aromatic heterocycles. The molecule has 0 saturated heterocycles. The van der Waals surface area contributed by atoms with Gasteiger partial charge >= 0.3 is 5.97 Å². The van der Waals surface area contributed by atoms with E-state index in [0.717, 1.165) is 24.8 Å². The van der Waals surface area contributed by atoms with Crippen molar-refractivity contribution in [3.63, 3.8) is 0 Å². The Morgan fingerprint density at radius 2 is 1.57 bits per heavy atom. The zero-order chi connectivity index (χ0) is 15.9. The number of benzene rings is 2. The number of carbonyl (C=O) groups is 1. The molecule has 23 heavy (non-hydrogen) atoms. The van der Waals surface area contributed by atoms with Crippen molar-refractivity contribution in [2.75, 3.05) is 0 Å². The van der Waals surface area contributed by atoms with Crippen LogP contribution < -0.4 is 0 Å². The second-order valence-corrected chi connectivity index (χ2v) is 6.02. The van der Waals surface area contributed by atoms with Crippen LogP contribution in [0.25, 0.3) is 6.08 Å². The molecule has 0 bridgehead atoms. The van der Waals surface area contributed by atoms with Crippen molar-refractivity contribution < 1.29 is 9.53 Å². The van der Waals surface area contributed by atoms with Crippen molar-refractivity contribution in [3.05, 3.63) is 77.9 Å². The molecule has 0 amide bonds. The van der Waals surface area contributed by atoms with Crippen molar-refractivity contribution in [3.8, 4) is 0 Å². The van der Waals surface area contributed by atoms with Gasteiger partial charge in [-0.2, -0.15) is 0 Å². The molecule has 2 aromatic rings. The molecule has 0 radical (unpaired) electrons. The second-order valence-electron chi connectivity index (χ2n) is 6.02. The lowest BCUT2D eigenvalue weighted by Crippen LogP contribution is -2.28. The van der Waals surface area contributed by atoms with Gasteiger partial charge in [0.15, 0.2) is 0 Å². The fourth-order valence-electron chi connectivity index (χ4n) is 3.24. The molecule has 118 valence electrons. The lowest BCUT2D eigenvalue weighted by atomic mass is 9.81. The highest BCUT2D eigenvalue weighted by Gasteiger charge is 2.28. The summed E-state index contributed by atoms with van der Waals surface area (Å²) in [6, 6.07) is 20.2. The molecule has 2 heteroatoms. The molecule has 1 aliphatic carbocycles. The summed E-state index contributed by atoms with van der Waals surface area (Å²) in [7, 11) is 0. The highest BCUT2D eigenvalue weighted by Crippen LogP contribution is 2.35. The summed E-state index contributed by atoms with van der Waals surface area (Å²) >= 11 is 0. The van der Waals surface area contributed by atoms with Crippen LogP contribution >= 0.6 is 0 Å². The van der Waals surface area contributed by atoms with E-state index in [9.17, 15) is 4.79 Å². The average molecular weight is 306 g/mol. The van der Waals surface area contributed by atoms with Gasteiger partial charge in [-0.3, -0.25) is 0 Å². The van der Waals surface area contributed by atoms with Crippen LogP contribution in [0.4, 0.5) is 0 Å². The first-order chi connectivity index (χ1) is 11.3. The third-order valence-electron chi connectivity index (χ3n) is 4.41. The van der Waals surface area contributed by atoms with E-state index in [1.165, 1.54) is 18.1 Å². The Morgan fingerprint density at radius 1 is 0.913 bits per heavy atom. The third kappa shape index (κ3) is 4.32. The summed E-state index contributed by atoms with van der Waals surface area (Å²) in [5.74, 6) is 0.0701. The summed E-state index contributed by atoms with van der Waals surface area (Å²) in [5, 5.41) is 0. The monoisotopic (exact) mass is 306 g/mol. The Labute approximate surface area is 137 Å². The highest BCUT2D eigenvalue weighted by atomic mass is 16.5. The summed E-state index contributed by atoms with van der Waals surface area (Å²) < 4.78 is 5.75. The Bertz CT molecular complexity index is 646. The summed E-state index contributed by atoms with van der Waals surface area (Å²) in [5.41, 5.74) is 2.28. The van der Waals surface area contributed by atoms with E-state index in [1.807, 2.05) is 42.5 Å². The number of ether oxygens (including phenoxy) is 1. The molecule has 2 atom stereocenters. The molecule has 0 N–H and O–H groups in total. The maximum absolute atomic E-state index is 12.2. The molecule has 2 nitrogen and oxygen atoms in total. The minimum absolute atomic E-state index is 0.0147. The lowest BCUT2D eigenvalue weighted by Gasteiger charge is -2.31. The first-order valence-corrected chi connectivity index (χ1v) is 8.31. The van der Waals surface area contributed by atoms with Gasteiger partial charge in [0.1, 0.15) is 6.10 Å². The quantitative estimate of drug-likeness (QED) is 0.589. The highest BCUT2D eigenvalue weighted by molar-refractivity contribution is 5.87. The van der Waals surface area contributed by atoms with E-state index in [4.69, 9.17) is 4.74 Å². The van der Waals surface area contributed by atoms with Crippen molar-refractivity contribution in [2.24, 2.45) is 0 Å². The van der Waals surface area contributed by atoms with Gasteiger partial charge in [-0.1, -0.05) is 67.1 Å². The van der Waals surface area contributed by atoms with Gasteiger partial charge in [0.2, 0.25) is 0 Å². The van der Waals surface area contributed by atoms with Crippen LogP contribution in [0.15, 0.2) is 66.7 Å². The first kappa shape index (κ1) is 15.5. The Morgan fingerprint density at radius 3 is 2.30 bits per heavy atom. The second kappa shape index (κ2) is 7.77. The van der Waals surface area contributed by atoms with Crippen LogP contribution in [0, 0.1) is 0 Å². The van der Waals surface area contributed by atoms with Gasteiger partial charge in [0, 0.05) is 12.0 Å². The normalized spacial score (nSPS) is 21.2. The van der Waals surface area contributed by atoms with E-state index < -0.39 is 0 Å². The van der Waals surface area contributed by atoms with Crippen molar-refractivity contribution >= 4 is 12.0 Å². The molecule has 1 fully saturated rings. The molecule has 2 aromatic carbocycles. The first-order valence-electron chi connectivity index (χ1n) is 8.31. The zero-order valence-corrected chi connectivity index (χ0v) is 13.2. The summed E-state index contributed by atoms with van der Waals surface area (Å²) in [6.07, 6.45) is 7.69. The Hall–Kier alpha value is -2.35. The van der Waals surface area contributed by atoms with E-state index in [-0.39, 0.29) is 12.1 Å². The molecule has 1 saturated carbocycles. The van der Waals surface area contributed by atoms with Crippen LogP contribution in [-0.2, 0) is 9.53 Å². The number of hydrogen-bond acceptors (Lipinski definition) is 2. The number of esters is 1. The van der Waals surface area contributed by atoms with Gasteiger partial charge in [-0.25, -0.2) is 4.79 Å². The zero-order valence-electron chi connectivity index (χ0n) is 13.2. The SMILES string of the molecule is O=C(/C=C/c1ccccc1)O[C@@H]1CCCC[C@H]1c1ccccc1. The van der Waals surface area contributed by atoms with E-state index in [0.29, 0.717) is 5.92 Å². The van der Waals surface area contributed by atoms with Crippen LogP contribution in [0.3, 0.4) is 0 Å². The lowest BCUT2D eigenvalue weighted by molar-refractivity contribution is -0.145. The third-order valence-corrected chi connectivity index (χ3v) is 4.41. The van der Waals surface area contributed by atoms with Crippen molar-refractivity contribution in [1.82, 2.24) is 0 Å². The van der Waals surface area contributed by atoms with E-state index >= 15 is 0 Å². The van der Waals surface area contributed by atoms with Crippen LogP contribution in [0.2, 0.25) is 0 Å². The van der Waals surface area contributed by atoms with Gasteiger partial charge in [0.25, 0.3) is 0 Å². The average Bonchev–Trinajstić information content (AvgIpc) is 2.62. The molecule has 3 rings (SSSR count). The van der Waals surface area contributed by atoms with Gasteiger partial charge < -0.3 is 4.74 Å². The minimum atomic E-state index is -0.248. The van der Waals surface area contributed by atoms with Crippen molar-refractivity contribution in [1.29, 1.82) is 0 Å². The van der Waals surface area contributed by atoms with E-state index in [1.54, 1.807) is 0 Å². The van der Waals surface area contributed by atoms with Crippen LogP contribution in [-0.4, -0.2) is 12.1 Å². The van der Waals surface area contributed by atoms with Gasteiger partial charge in [0.05, 0.1) is 0 Å². The minimum Gasteiger partial charge on any atom is -0.459 e. The smallest absolute Gasteiger partial charge is 0.331 e. The summed E-state index contributed by atoms with van der Waals surface area (Å²) in [6.45, 7) is 0. The maximum Gasteiger partial charge on any atom is 0.331 e. The standard InChI is InChI=1S/C21H22O2/c22-21(16-15-17-9-3-1-4-10-17)23-20-14-8-7-13-19(20)18-11-5-2-6-12-18/h1-6,9-12,15-16,19-20H,7-8,13-14H2/b16-15+/t19-,20+/m0/s1. The van der Waals surface area contributed by atoms with Gasteiger partial charge in [-0.15, -0.1) is 0 Å². The predicted molar refractivity (Wildman–Crippen MR) is 93.0 cm³/mol. The number of carbonyl (C=O) groups excluding carboxylic acids is 1. The fraction of sp³-hybridized carbons (Fsp3) is 0.286. The molecule has 0 spiro atoms. The van der Waals surface area contributed by atoms with Gasteiger partial charge in [-0.05, 0) is 36.5 Å². The maximum atomic E-state index is 12.2. The molecule has 0 aliphatic heterocycles. The largest absolute Gasteiger partial charge is 0.459 e. The summed E-state index contributed by atoms with van der Waals surface area (Å²) in [4.78, 5) is 12.2. The van der Waals surface area contributed by atoms with Crippen molar-refractivity contribution in [2.45, 2.75) is 37.7 Å². The van der Waals surface area contributed by atoms with Crippen LogP contribution in [0.1, 0.15) is 42.7 Å². The number of rotatable bonds is 4.